The Kier molecular flexibility index (Phi) is 6.27. The predicted octanol–water partition coefficient (Wildman–Crippen LogP) is 4.70. The Labute approximate surface area is 169 Å². The highest BCUT2D eigenvalue weighted by atomic mass is 35.5. The van der Waals surface area contributed by atoms with Gasteiger partial charge >= 0.3 is 6.09 Å². The molecule has 0 unspecified atom stereocenters. The Morgan fingerprint density at radius 3 is 2.81 bits per heavy atom. The molecule has 0 aliphatic carbocycles. The van der Waals surface area contributed by atoms with Gasteiger partial charge in [0.05, 0.1) is 13.2 Å². The van der Waals surface area contributed by atoms with E-state index in [1.807, 2.05) is 31.3 Å². The summed E-state index contributed by atoms with van der Waals surface area (Å²) in [5, 5.41) is 10.8. The predicted molar refractivity (Wildman–Crippen MR) is 108 cm³/mol. The van der Waals surface area contributed by atoms with Crippen LogP contribution in [0, 0.1) is 0 Å². The summed E-state index contributed by atoms with van der Waals surface area (Å²) in [5.74, 6) is 0.0629. The highest BCUT2D eigenvalue weighted by Gasteiger charge is 2.27. The number of halogens is 2. The van der Waals surface area contributed by atoms with E-state index in [1.54, 1.807) is 19.2 Å². The minimum atomic E-state index is -1.00. The van der Waals surface area contributed by atoms with E-state index in [0.717, 1.165) is 29.8 Å². The van der Waals surface area contributed by atoms with Gasteiger partial charge in [-0.25, -0.2) is 4.79 Å². The third-order valence-corrected chi connectivity index (χ3v) is 5.38. The molecule has 7 heteroatoms. The molecule has 2 aromatic rings. The zero-order chi connectivity index (χ0) is 19.6. The number of hydrogen-bond donors (Lipinski definition) is 1. The maximum atomic E-state index is 11.7. The molecule has 1 heterocycles. The lowest BCUT2D eigenvalue weighted by atomic mass is 9.84. The first-order valence-corrected chi connectivity index (χ1v) is 9.42. The molecule has 1 amide bonds. The summed E-state index contributed by atoms with van der Waals surface area (Å²) in [5.41, 5.74) is 3.82. The number of hydrogen-bond acceptors (Lipinski definition) is 3. The highest BCUT2D eigenvalue weighted by Crippen LogP contribution is 2.39. The number of anilines is 1. The van der Waals surface area contributed by atoms with Gasteiger partial charge in [-0.3, -0.25) is 4.90 Å². The average molecular weight is 409 g/mol. The van der Waals surface area contributed by atoms with E-state index in [0.29, 0.717) is 22.3 Å². The van der Waals surface area contributed by atoms with Crippen molar-refractivity contribution in [3.05, 3.63) is 63.1 Å². The van der Waals surface area contributed by atoms with E-state index >= 15 is 0 Å². The molecule has 0 spiro atoms. The average Bonchev–Trinajstić information content (AvgIpc) is 2.62. The van der Waals surface area contributed by atoms with Gasteiger partial charge in [0.25, 0.3) is 0 Å². The zero-order valence-corrected chi connectivity index (χ0v) is 16.8. The van der Waals surface area contributed by atoms with Gasteiger partial charge < -0.3 is 14.7 Å². The van der Waals surface area contributed by atoms with Gasteiger partial charge in [-0.2, -0.15) is 0 Å². The Morgan fingerprint density at radius 2 is 2.11 bits per heavy atom. The van der Waals surface area contributed by atoms with Gasteiger partial charge in [0.1, 0.15) is 0 Å². The number of nitrogens with zero attached hydrogens (tertiary/aromatic N) is 2. The first kappa shape index (κ1) is 20.0. The molecule has 144 valence electrons. The fraction of sp³-hybridized carbons (Fsp3) is 0.350. The van der Waals surface area contributed by atoms with Gasteiger partial charge in [-0.15, -0.1) is 0 Å². The highest BCUT2D eigenvalue weighted by molar-refractivity contribution is 6.35. The third kappa shape index (κ3) is 4.38. The monoisotopic (exact) mass is 408 g/mol. The number of methoxy groups -OCH3 is 1. The Morgan fingerprint density at radius 1 is 1.33 bits per heavy atom. The minimum absolute atomic E-state index is 0.0629. The van der Waals surface area contributed by atoms with Gasteiger partial charge in [0.2, 0.25) is 0 Å². The lowest BCUT2D eigenvalue weighted by Gasteiger charge is -2.34. The molecule has 1 N–H and O–H groups in total. The number of benzene rings is 2. The second-order valence-corrected chi connectivity index (χ2v) is 7.57. The summed E-state index contributed by atoms with van der Waals surface area (Å²) in [4.78, 5) is 15.2. The van der Waals surface area contributed by atoms with E-state index in [9.17, 15) is 9.90 Å². The molecule has 0 saturated heterocycles. The lowest BCUT2D eigenvalue weighted by molar-refractivity contribution is 0.186. The third-order valence-electron chi connectivity index (χ3n) is 4.83. The topological polar surface area (TPSA) is 53.0 Å². The maximum absolute atomic E-state index is 11.7. The molecule has 1 atom stereocenters. The fourth-order valence-corrected chi connectivity index (χ4v) is 4.13. The summed E-state index contributed by atoms with van der Waals surface area (Å²) < 4.78 is 5.04. The molecule has 27 heavy (non-hydrogen) atoms. The molecule has 0 bridgehead atoms. The molecule has 0 saturated carbocycles. The second kappa shape index (κ2) is 8.48. The van der Waals surface area contributed by atoms with E-state index in [1.165, 1.54) is 4.90 Å². The zero-order valence-electron chi connectivity index (χ0n) is 15.3. The van der Waals surface area contributed by atoms with Crippen molar-refractivity contribution in [1.29, 1.82) is 0 Å². The smallest absolute Gasteiger partial charge is 0.411 e. The van der Waals surface area contributed by atoms with Crippen molar-refractivity contribution in [2.75, 3.05) is 38.8 Å². The number of rotatable bonds is 5. The van der Waals surface area contributed by atoms with Crippen LogP contribution in [0.2, 0.25) is 10.0 Å². The molecule has 1 aliphatic rings. The maximum Gasteiger partial charge on any atom is 0.411 e. The molecule has 1 aliphatic heterocycles. The number of carboxylic acid groups (broad SMARTS) is 1. The SMILES string of the molecule is COCCN(C(=O)O)c1cccc([C@H]2CN(C)Cc3c(Cl)cc(Cl)cc32)c1. The van der Waals surface area contributed by atoms with Crippen LogP contribution in [0.4, 0.5) is 10.5 Å². The van der Waals surface area contributed by atoms with Crippen LogP contribution in [0.5, 0.6) is 0 Å². The summed E-state index contributed by atoms with van der Waals surface area (Å²) in [7, 11) is 3.60. The van der Waals surface area contributed by atoms with Crippen molar-refractivity contribution in [3.63, 3.8) is 0 Å². The van der Waals surface area contributed by atoms with Crippen LogP contribution in [0.15, 0.2) is 36.4 Å². The lowest BCUT2D eigenvalue weighted by Crippen LogP contribution is -2.33. The van der Waals surface area contributed by atoms with Crippen LogP contribution in [-0.4, -0.2) is 50.0 Å². The van der Waals surface area contributed by atoms with Crippen molar-refractivity contribution in [2.24, 2.45) is 0 Å². The Balaban J connectivity index is 2.02. The van der Waals surface area contributed by atoms with Crippen LogP contribution in [0.1, 0.15) is 22.6 Å². The standard InChI is InChI=1S/C20H22Cl2N2O3/c1-23-11-17(16-9-14(21)10-19(22)18(16)12-23)13-4-3-5-15(8-13)24(20(25)26)6-7-27-2/h3-5,8-10,17H,6-7,11-12H2,1-2H3,(H,25,26)/t17-/m1/s1. The van der Waals surface area contributed by atoms with Crippen LogP contribution in [-0.2, 0) is 11.3 Å². The summed E-state index contributed by atoms with van der Waals surface area (Å²) >= 11 is 12.7. The molecular formula is C20H22Cl2N2O3. The van der Waals surface area contributed by atoms with Crippen LogP contribution in [0.25, 0.3) is 0 Å². The molecule has 0 aromatic heterocycles. The van der Waals surface area contributed by atoms with Gasteiger partial charge in [-0.1, -0.05) is 35.3 Å². The van der Waals surface area contributed by atoms with Crippen LogP contribution >= 0.6 is 23.2 Å². The quantitative estimate of drug-likeness (QED) is 0.778. The Bertz CT molecular complexity index is 844. The Hall–Kier alpha value is -1.79. The molecule has 5 nitrogen and oxygen atoms in total. The molecule has 3 rings (SSSR count). The minimum Gasteiger partial charge on any atom is -0.465 e. The number of likely N-dealkylation sites (N-methyl/N-ethyl adjacent to an activating group) is 1. The van der Waals surface area contributed by atoms with Crippen molar-refractivity contribution >= 4 is 35.0 Å². The van der Waals surface area contributed by atoms with Crippen molar-refractivity contribution in [1.82, 2.24) is 4.90 Å². The van der Waals surface area contributed by atoms with Crippen LogP contribution < -0.4 is 4.90 Å². The van der Waals surface area contributed by atoms with Crippen molar-refractivity contribution < 1.29 is 14.6 Å². The molecule has 0 radical (unpaired) electrons. The normalized spacial score (nSPS) is 16.8. The van der Waals surface area contributed by atoms with E-state index in [-0.39, 0.29) is 12.5 Å². The first-order valence-electron chi connectivity index (χ1n) is 8.66. The van der Waals surface area contributed by atoms with Crippen LogP contribution in [0.3, 0.4) is 0 Å². The molecular weight excluding hydrogens is 387 g/mol. The van der Waals surface area contributed by atoms with Gasteiger partial charge in [0, 0.05) is 41.8 Å². The number of amides is 1. The molecule has 2 aromatic carbocycles. The molecule has 0 fully saturated rings. The number of carbonyl (C=O) groups is 1. The number of ether oxygens (including phenoxy) is 1. The first-order chi connectivity index (χ1) is 12.9. The van der Waals surface area contributed by atoms with E-state index in [4.69, 9.17) is 27.9 Å². The summed E-state index contributed by atoms with van der Waals surface area (Å²) in [6, 6.07) is 11.4. The van der Waals surface area contributed by atoms with E-state index in [2.05, 4.69) is 4.90 Å². The van der Waals surface area contributed by atoms with E-state index < -0.39 is 6.09 Å². The number of fused-ring (bicyclic) bond motifs is 1. The van der Waals surface area contributed by atoms with Gasteiger partial charge in [0.15, 0.2) is 0 Å². The van der Waals surface area contributed by atoms with Crippen molar-refractivity contribution in [3.8, 4) is 0 Å². The summed E-state index contributed by atoms with van der Waals surface area (Å²) in [6.07, 6.45) is -1.00. The fourth-order valence-electron chi connectivity index (χ4n) is 3.56. The second-order valence-electron chi connectivity index (χ2n) is 6.73. The largest absolute Gasteiger partial charge is 0.465 e. The van der Waals surface area contributed by atoms with Crippen molar-refractivity contribution in [2.45, 2.75) is 12.5 Å². The summed E-state index contributed by atoms with van der Waals surface area (Å²) in [6.45, 7) is 2.17. The van der Waals surface area contributed by atoms with Gasteiger partial charge in [-0.05, 0) is 48.0 Å².